The van der Waals surface area contributed by atoms with Crippen LogP contribution in [-0.2, 0) is 6.42 Å². The van der Waals surface area contributed by atoms with Crippen molar-refractivity contribution in [2.24, 2.45) is 5.73 Å². The summed E-state index contributed by atoms with van der Waals surface area (Å²) in [4.78, 5) is 0. The molecule has 1 atom stereocenters. The fourth-order valence-corrected chi connectivity index (χ4v) is 2.43. The van der Waals surface area contributed by atoms with Gasteiger partial charge in [-0.25, -0.2) is 0 Å². The van der Waals surface area contributed by atoms with Crippen molar-refractivity contribution < 1.29 is 9.47 Å². The third kappa shape index (κ3) is 5.40. The van der Waals surface area contributed by atoms with Gasteiger partial charge in [-0.15, -0.1) is 0 Å². The zero-order chi connectivity index (χ0) is 15.1. The number of ether oxygens (including phenoxy) is 2. The first-order chi connectivity index (χ1) is 10.2. The lowest BCUT2D eigenvalue weighted by Gasteiger charge is -2.13. The van der Waals surface area contributed by atoms with Crippen LogP contribution in [-0.4, -0.2) is 19.8 Å². The molecule has 2 aromatic rings. The second kappa shape index (κ2) is 8.05. The molecule has 2 N–H and O–H groups in total. The molecule has 0 aliphatic heterocycles. The summed E-state index contributed by atoms with van der Waals surface area (Å²) in [7, 11) is 1.67. The largest absolute Gasteiger partial charge is 0.497 e. The molecule has 0 aliphatic rings. The molecule has 0 fully saturated rings. The first-order valence-corrected chi connectivity index (χ1v) is 7.73. The number of benzene rings is 2. The van der Waals surface area contributed by atoms with E-state index in [1.54, 1.807) is 7.11 Å². The predicted octanol–water partition coefficient (Wildman–Crippen LogP) is 3.80. The molecule has 1 unspecified atom stereocenters. The van der Waals surface area contributed by atoms with Gasteiger partial charge in [-0.05, 0) is 48.7 Å². The standard InChI is InChI=1S/C17H20BrNO2/c1-20-16-7-5-13(6-8-16)11-15(19)9-10-21-17-4-2-3-14(18)12-17/h2-8,12,15H,9-11,19H2,1H3. The molecule has 0 saturated heterocycles. The van der Waals surface area contributed by atoms with Crippen molar-refractivity contribution in [3.05, 3.63) is 58.6 Å². The first kappa shape index (κ1) is 15.9. The van der Waals surface area contributed by atoms with E-state index in [2.05, 4.69) is 15.9 Å². The zero-order valence-corrected chi connectivity index (χ0v) is 13.7. The fourth-order valence-electron chi connectivity index (χ4n) is 2.05. The average molecular weight is 350 g/mol. The summed E-state index contributed by atoms with van der Waals surface area (Å²) in [5.74, 6) is 1.73. The minimum Gasteiger partial charge on any atom is -0.497 e. The Hall–Kier alpha value is -1.52. The second-order valence-corrected chi connectivity index (χ2v) is 5.82. The lowest BCUT2D eigenvalue weighted by Crippen LogP contribution is -2.25. The lowest BCUT2D eigenvalue weighted by molar-refractivity contribution is 0.297. The van der Waals surface area contributed by atoms with Crippen LogP contribution in [0.4, 0.5) is 0 Å². The maximum atomic E-state index is 6.15. The van der Waals surface area contributed by atoms with Gasteiger partial charge in [0.25, 0.3) is 0 Å². The molecule has 2 rings (SSSR count). The van der Waals surface area contributed by atoms with Crippen LogP contribution in [0.5, 0.6) is 11.5 Å². The molecule has 0 aliphatic carbocycles. The number of halogens is 1. The smallest absolute Gasteiger partial charge is 0.120 e. The van der Waals surface area contributed by atoms with E-state index >= 15 is 0 Å². The Balaban J connectivity index is 1.75. The zero-order valence-electron chi connectivity index (χ0n) is 12.1. The number of rotatable bonds is 7. The van der Waals surface area contributed by atoms with E-state index in [4.69, 9.17) is 15.2 Å². The van der Waals surface area contributed by atoms with Gasteiger partial charge in [0.05, 0.1) is 13.7 Å². The molecule has 0 spiro atoms. The predicted molar refractivity (Wildman–Crippen MR) is 88.9 cm³/mol. The molecule has 0 heterocycles. The lowest BCUT2D eigenvalue weighted by atomic mass is 10.0. The van der Waals surface area contributed by atoms with E-state index in [9.17, 15) is 0 Å². The van der Waals surface area contributed by atoms with Gasteiger partial charge < -0.3 is 15.2 Å². The fraction of sp³-hybridized carbons (Fsp3) is 0.294. The molecule has 3 nitrogen and oxygen atoms in total. The van der Waals surface area contributed by atoms with Crippen LogP contribution in [0.25, 0.3) is 0 Å². The highest BCUT2D eigenvalue weighted by Crippen LogP contribution is 2.18. The normalized spacial score (nSPS) is 12.0. The minimum absolute atomic E-state index is 0.0885. The van der Waals surface area contributed by atoms with Gasteiger partial charge in [-0.2, -0.15) is 0 Å². The van der Waals surface area contributed by atoms with E-state index in [1.807, 2.05) is 48.5 Å². The van der Waals surface area contributed by atoms with Crippen molar-refractivity contribution in [2.45, 2.75) is 18.9 Å². The highest BCUT2D eigenvalue weighted by molar-refractivity contribution is 9.10. The minimum atomic E-state index is 0.0885. The van der Waals surface area contributed by atoms with Crippen molar-refractivity contribution >= 4 is 15.9 Å². The molecule has 0 saturated carbocycles. The van der Waals surface area contributed by atoms with Gasteiger partial charge in [0.1, 0.15) is 11.5 Å². The Morgan fingerprint density at radius 3 is 2.52 bits per heavy atom. The summed E-state index contributed by atoms with van der Waals surface area (Å²) >= 11 is 3.42. The van der Waals surface area contributed by atoms with Crippen molar-refractivity contribution in [2.75, 3.05) is 13.7 Å². The molecule has 21 heavy (non-hydrogen) atoms. The van der Waals surface area contributed by atoms with Crippen molar-refractivity contribution in [1.82, 2.24) is 0 Å². The van der Waals surface area contributed by atoms with Crippen LogP contribution >= 0.6 is 15.9 Å². The number of nitrogens with two attached hydrogens (primary N) is 1. The molecule has 4 heteroatoms. The van der Waals surface area contributed by atoms with Gasteiger partial charge in [0.2, 0.25) is 0 Å². The van der Waals surface area contributed by atoms with Crippen LogP contribution in [0.2, 0.25) is 0 Å². The Morgan fingerprint density at radius 1 is 1.10 bits per heavy atom. The highest BCUT2D eigenvalue weighted by atomic mass is 79.9. The molecule has 112 valence electrons. The molecular formula is C17H20BrNO2. The summed E-state index contributed by atoms with van der Waals surface area (Å²) in [6, 6.07) is 15.9. The van der Waals surface area contributed by atoms with Crippen LogP contribution in [0.1, 0.15) is 12.0 Å². The maximum Gasteiger partial charge on any atom is 0.120 e. The van der Waals surface area contributed by atoms with Gasteiger partial charge in [-0.3, -0.25) is 0 Å². The van der Waals surface area contributed by atoms with Crippen molar-refractivity contribution in [3.63, 3.8) is 0 Å². The monoisotopic (exact) mass is 349 g/mol. The number of methoxy groups -OCH3 is 1. The quantitative estimate of drug-likeness (QED) is 0.826. The Bertz CT molecular complexity index is 557. The van der Waals surface area contributed by atoms with Gasteiger partial charge in [-0.1, -0.05) is 34.1 Å². The average Bonchev–Trinajstić information content (AvgIpc) is 2.48. The van der Waals surface area contributed by atoms with Crippen molar-refractivity contribution in [3.8, 4) is 11.5 Å². The van der Waals surface area contributed by atoms with E-state index in [1.165, 1.54) is 5.56 Å². The van der Waals surface area contributed by atoms with Crippen LogP contribution in [0.3, 0.4) is 0 Å². The molecule has 2 aromatic carbocycles. The summed E-state index contributed by atoms with van der Waals surface area (Å²) in [6.45, 7) is 0.619. The Labute approximate surface area is 134 Å². The molecular weight excluding hydrogens is 330 g/mol. The topological polar surface area (TPSA) is 44.5 Å². The second-order valence-electron chi connectivity index (χ2n) is 4.91. The third-order valence-electron chi connectivity index (χ3n) is 3.21. The number of hydrogen-bond donors (Lipinski definition) is 1. The molecule has 0 amide bonds. The van der Waals surface area contributed by atoms with E-state index < -0.39 is 0 Å². The molecule has 0 aromatic heterocycles. The highest BCUT2D eigenvalue weighted by Gasteiger charge is 2.05. The maximum absolute atomic E-state index is 6.15. The first-order valence-electron chi connectivity index (χ1n) is 6.94. The summed E-state index contributed by atoms with van der Waals surface area (Å²) in [6.07, 6.45) is 1.66. The van der Waals surface area contributed by atoms with Crippen LogP contribution in [0.15, 0.2) is 53.0 Å². The SMILES string of the molecule is COc1ccc(CC(N)CCOc2cccc(Br)c2)cc1. The summed E-state index contributed by atoms with van der Waals surface area (Å²) < 4.78 is 11.9. The molecule has 0 radical (unpaired) electrons. The van der Waals surface area contributed by atoms with Crippen LogP contribution in [0, 0.1) is 0 Å². The van der Waals surface area contributed by atoms with E-state index in [-0.39, 0.29) is 6.04 Å². The summed E-state index contributed by atoms with van der Waals surface area (Å²) in [5.41, 5.74) is 7.36. The van der Waals surface area contributed by atoms with Gasteiger partial charge in [0, 0.05) is 10.5 Å². The summed E-state index contributed by atoms with van der Waals surface area (Å²) in [5, 5.41) is 0. The van der Waals surface area contributed by atoms with Gasteiger partial charge in [0.15, 0.2) is 0 Å². The Kier molecular flexibility index (Phi) is 6.08. The van der Waals surface area contributed by atoms with Crippen LogP contribution < -0.4 is 15.2 Å². The number of hydrogen-bond acceptors (Lipinski definition) is 3. The van der Waals surface area contributed by atoms with E-state index in [0.29, 0.717) is 6.61 Å². The third-order valence-corrected chi connectivity index (χ3v) is 3.70. The molecule has 0 bridgehead atoms. The Morgan fingerprint density at radius 2 is 1.86 bits per heavy atom. The van der Waals surface area contributed by atoms with Gasteiger partial charge >= 0.3 is 0 Å². The van der Waals surface area contributed by atoms with Crippen molar-refractivity contribution in [1.29, 1.82) is 0 Å². The van der Waals surface area contributed by atoms with E-state index in [0.717, 1.165) is 28.8 Å².